The summed E-state index contributed by atoms with van der Waals surface area (Å²) >= 11 is 0. The minimum atomic E-state index is 0.501. The van der Waals surface area contributed by atoms with Gasteiger partial charge in [0.25, 0.3) is 0 Å². The molecule has 0 spiro atoms. The van der Waals surface area contributed by atoms with Crippen LogP contribution in [-0.2, 0) is 6.54 Å². The maximum Gasteiger partial charge on any atom is 0.316 e. The van der Waals surface area contributed by atoms with Crippen LogP contribution in [0, 0.1) is 6.92 Å². The Morgan fingerprint density at radius 2 is 2.15 bits per heavy atom. The van der Waals surface area contributed by atoms with E-state index in [9.17, 15) is 0 Å². The van der Waals surface area contributed by atoms with Crippen LogP contribution in [0.5, 0.6) is 6.01 Å². The van der Waals surface area contributed by atoms with Crippen molar-refractivity contribution in [3.63, 3.8) is 0 Å². The maximum absolute atomic E-state index is 5.65. The van der Waals surface area contributed by atoms with Crippen molar-refractivity contribution in [3.05, 3.63) is 17.5 Å². The number of ether oxygens (including phenoxy) is 1. The molecule has 0 radical (unpaired) electrons. The van der Waals surface area contributed by atoms with E-state index >= 15 is 0 Å². The maximum atomic E-state index is 5.65. The molecule has 2 rings (SSSR count). The summed E-state index contributed by atoms with van der Waals surface area (Å²) in [5.41, 5.74) is 2.14. The summed E-state index contributed by atoms with van der Waals surface area (Å²) in [4.78, 5) is 11.1. The molecule has 0 aromatic carbocycles. The number of hydrogen-bond donors (Lipinski definition) is 1. The van der Waals surface area contributed by atoms with Gasteiger partial charge in [0.15, 0.2) is 0 Å². The van der Waals surface area contributed by atoms with Crippen molar-refractivity contribution in [2.24, 2.45) is 0 Å². The molecule has 0 saturated carbocycles. The lowest BCUT2D eigenvalue weighted by atomic mass is 10.2. The molecular weight excluding hydrogens is 252 g/mol. The summed E-state index contributed by atoms with van der Waals surface area (Å²) in [5, 5.41) is 3.36. The highest BCUT2D eigenvalue weighted by atomic mass is 16.5. The predicted octanol–water partition coefficient (Wildman–Crippen LogP) is 1.76. The summed E-state index contributed by atoms with van der Waals surface area (Å²) in [7, 11) is 0. The van der Waals surface area contributed by atoms with Crippen LogP contribution >= 0.6 is 0 Å². The molecule has 1 N–H and O–H groups in total. The van der Waals surface area contributed by atoms with Crippen molar-refractivity contribution in [3.8, 4) is 6.01 Å². The molecule has 0 bridgehead atoms. The van der Waals surface area contributed by atoms with E-state index in [1.165, 1.54) is 25.9 Å². The highest BCUT2D eigenvalue weighted by Crippen LogP contribution is 2.10. The van der Waals surface area contributed by atoms with Gasteiger partial charge in [-0.05, 0) is 45.8 Å². The first-order chi connectivity index (χ1) is 9.79. The van der Waals surface area contributed by atoms with Crippen LogP contribution in [0.3, 0.4) is 0 Å². The topological polar surface area (TPSA) is 50.3 Å². The van der Waals surface area contributed by atoms with Gasteiger partial charge in [0.05, 0.1) is 0 Å². The average Bonchev–Trinajstić information content (AvgIpc) is 2.95. The minimum Gasteiger partial charge on any atom is -0.462 e. The van der Waals surface area contributed by atoms with Gasteiger partial charge in [-0.2, -0.15) is 0 Å². The molecule has 1 fully saturated rings. The third-order valence-corrected chi connectivity index (χ3v) is 3.64. The Labute approximate surface area is 121 Å². The zero-order chi connectivity index (χ0) is 14.2. The monoisotopic (exact) mass is 278 g/mol. The van der Waals surface area contributed by atoms with Crippen LogP contribution < -0.4 is 10.1 Å². The molecule has 0 unspecified atom stereocenters. The largest absolute Gasteiger partial charge is 0.462 e. The highest BCUT2D eigenvalue weighted by molar-refractivity contribution is 5.17. The first-order valence-corrected chi connectivity index (χ1v) is 7.68. The Hall–Kier alpha value is -1.20. The fourth-order valence-electron chi connectivity index (χ4n) is 2.39. The van der Waals surface area contributed by atoms with Gasteiger partial charge in [0.1, 0.15) is 6.61 Å². The lowest BCUT2D eigenvalue weighted by molar-refractivity contribution is 0.225. The van der Waals surface area contributed by atoms with Gasteiger partial charge in [0, 0.05) is 30.5 Å². The fourth-order valence-corrected chi connectivity index (χ4v) is 2.39. The van der Waals surface area contributed by atoms with E-state index in [1.807, 2.05) is 13.1 Å². The Morgan fingerprint density at radius 1 is 1.35 bits per heavy atom. The SMILES string of the molecule is CCCNCc1cnc(OCCN2CCCC2)nc1C. The third-order valence-electron chi connectivity index (χ3n) is 3.64. The Bertz CT molecular complexity index is 405. The molecule has 5 heteroatoms. The standard InChI is InChI=1S/C15H26N4O/c1-3-6-16-11-14-12-17-15(18-13(14)2)20-10-9-19-7-4-5-8-19/h12,16H,3-11H2,1-2H3. The molecular formula is C15H26N4O. The molecule has 112 valence electrons. The smallest absolute Gasteiger partial charge is 0.316 e. The Morgan fingerprint density at radius 3 is 2.85 bits per heavy atom. The summed E-state index contributed by atoms with van der Waals surface area (Å²) < 4.78 is 5.65. The zero-order valence-corrected chi connectivity index (χ0v) is 12.7. The van der Waals surface area contributed by atoms with Crippen molar-refractivity contribution in [1.82, 2.24) is 20.2 Å². The highest BCUT2D eigenvalue weighted by Gasteiger charge is 2.11. The summed E-state index contributed by atoms with van der Waals surface area (Å²) in [6.07, 6.45) is 5.64. The van der Waals surface area contributed by atoms with Crippen LogP contribution in [0.2, 0.25) is 0 Å². The first-order valence-electron chi connectivity index (χ1n) is 7.68. The summed E-state index contributed by atoms with van der Waals surface area (Å²) in [5.74, 6) is 0. The molecule has 1 saturated heterocycles. The number of nitrogens with zero attached hydrogens (tertiary/aromatic N) is 3. The van der Waals surface area contributed by atoms with Crippen molar-refractivity contribution in [2.75, 3.05) is 32.8 Å². The average molecular weight is 278 g/mol. The van der Waals surface area contributed by atoms with E-state index < -0.39 is 0 Å². The number of aryl methyl sites for hydroxylation is 1. The van der Waals surface area contributed by atoms with E-state index in [-0.39, 0.29) is 0 Å². The Balaban J connectivity index is 1.75. The van der Waals surface area contributed by atoms with Gasteiger partial charge in [-0.25, -0.2) is 9.97 Å². The molecule has 0 amide bonds. The fraction of sp³-hybridized carbons (Fsp3) is 0.733. The Kier molecular flexibility index (Phi) is 6.21. The van der Waals surface area contributed by atoms with E-state index in [0.717, 1.165) is 37.3 Å². The van der Waals surface area contributed by atoms with Gasteiger partial charge in [-0.3, -0.25) is 4.90 Å². The van der Waals surface area contributed by atoms with Crippen LogP contribution in [-0.4, -0.2) is 47.7 Å². The molecule has 1 aromatic rings. The van der Waals surface area contributed by atoms with Gasteiger partial charge in [-0.15, -0.1) is 0 Å². The lowest BCUT2D eigenvalue weighted by Crippen LogP contribution is -2.25. The van der Waals surface area contributed by atoms with Crippen molar-refractivity contribution < 1.29 is 4.74 Å². The molecule has 0 aliphatic carbocycles. The molecule has 0 atom stereocenters. The van der Waals surface area contributed by atoms with Crippen LogP contribution in [0.25, 0.3) is 0 Å². The molecule has 1 aromatic heterocycles. The zero-order valence-electron chi connectivity index (χ0n) is 12.7. The number of rotatable bonds is 8. The summed E-state index contributed by atoms with van der Waals surface area (Å²) in [6, 6.07) is 0.501. The van der Waals surface area contributed by atoms with E-state index in [1.54, 1.807) is 0 Å². The van der Waals surface area contributed by atoms with E-state index in [2.05, 4.69) is 27.1 Å². The quantitative estimate of drug-likeness (QED) is 0.734. The molecule has 2 heterocycles. The summed E-state index contributed by atoms with van der Waals surface area (Å²) in [6.45, 7) is 10.1. The van der Waals surface area contributed by atoms with Gasteiger partial charge < -0.3 is 10.1 Å². The second-order valence-electron chi connectivity index (χ2n) is 5.34. The molecule has 1 aliphatic rings. The third kappa shape index (κ3) is 4.72. The molecule has 5 nitrogen and oxygen atoms in total. The van der Waals surface area contributed by atoms with Gasteiger partial charge >= 0.3 is 6.01 Å². The van der Waals surface area contributed by atoms with Crippen molar-refractivity contribution >= 4 is 0 Å². The van der Waals surface area contributed by atoms with Crippen molar-refractivity contribution in [1.29, 1.82) is 0 Å². The first kappa shape index (κ1) is 15.2. The molecule has 1 aliphatic heterocycles. The number of likely N-dealkylation sites (tertiary alicyclic amines) is 1. The second-order valence-corrected chi connectivity index (χ2v) is 5.34. The second kappa shape index (κ2) is 8.17. The van der Waals surface area contributed by atoms with Gasteiger partial charge in [0.2, 0.25) is 0 Å². The lowest BCUT2D eigenvalue weighted by Gasteiger charge is -2.14. The number of hydrogen-bond acceptors (Lipinski definition) is 5. The predicted molar refractivity (Wildman–Crippen MR) is 79.9 cm³/mol. The van der Waals surface area contributed by atoms with Crippen LogP contribution in [0.4, 0.5) is 0 Å². The van der Waals surface area contributed by atoms with Crippen LogP contribution in [0.15, 0.2) is 6.20 Å². The normalized spacial score (nSPS) is 15.7. The number of nitrogens with one attached hydrogen (secondary N) is 1. The van der Waals surface area contributed by atoms with Crippen LogP contribution in [0.1, 0.15) is 37.4 Å². The van der Waals surface area contributed by atoms with E-state index in [4.69, 9.17) is 4.74 Å². The van der Waals surface area contributed by atoms with E-state index in [0.29, 0.717) is 12.6 Å². The van der Waals surface area contributed by atoms with Gasteiger partial charge in [-0.1, -0.05) is 6.92 Å². The molecule has 20 heavy (non-hydrogen) atoms. The van der Waals surface area contributed by atoms with Crippen molar-refractivity contribution in [2.45, 2.75) is 39.7 Å². The number of aromatic nitrogens is 2. The minimum absolute atomic E-state index is 0.501.